The summed E-state index contributed by atoms with van der Waals surface area (Å²) in [6, 6.07) is 56.1. The molecule has 5 unspecified atom stereocenters. The molecular formula is C93H87Cl5F5N13O16S5. The van der Waals surface area contributed by atoms with E-state index < -0.39 is 121 Å². The Morgan fingerprint density at radius 1 is 0.387 bits per heavy atom. The van der Waals surface area contributed by atoms with Crippen molar-refractivity contribution in [1.82, 2.24) is 23.4 Å². The van der Waals surface area contributed by atoms with Crippen LogP contribution in [0.4, 0.5) is 67.5 Å². The Balaban J connectivity index is 0.000000145. The Hall–Kier alpha value is -12.0. The van der Waals surface area contributed by atoms with Crippen molar-refractivity contribution in [3.8, 4) is 5.75 Å². The summed E-state index contributed by atoms with van der Waals surface area (Å²) in [5.41, 5.74) is 6.39. The number of imidazole rings is 2. The van der Waals surface area contributed by atoms with Gasteiger partial charge >= 0.3 is 5.97 Å². The minimum absolute atomic E-state index is 0.00614. The second-order valence-electron chi connectivity index (χ2n) is 32.2. The highest BCUT2D eigenvalue weighted by atomic mass is 35.5. The van der Waals surface area contributed by atoms with Gasteiger partial charge in [0.2, 0.25) is 43.7 Å². The Labute approximate surface area is 812 Å². The molecule has 4 amide bonds. The summed E-state index contributed by atoms with van der Waals surface area (Å²) in [6.45, 7) is 1.88. The highest BCUT2D eigenvalue weighted by Gasteiger charge is 2.42. The Bertz CT molecular complexity index is 7190. The molecule has 4 N–H and O–H groups in total. The molecule has 10 aromatic carbocycles. The second kappa shape index (κ2) is 43.8. The highest BCUT2D eigenvalue weighted by Crippen LogP contribution is 2.40. The number of benzene rings is 10. The third-order valence-corrected chi connectivity index (χ3v) is 32.1. The molecule has 720 valence electrons. The van der Waals surface area contributed by atoms with Crippen LogP contribution >= 0.6 is 58.0 Å². The van der Waals surface area contributed by atoms with Crippen LogP contribution in [-0.2, 0) is 114 Å². The van der Waals surface area contributed by atoms with E-state index in [0.29, 0.717) is 67.8 Å². The second-order valence-corrected chi connectivity index (χ2v) is 43.8. The first-order valence-electron chi connectivity index (χ1n) is 42.0. The number of sulfonamides is 5. The SMILES string of the molecule is CCS(=O)(=O)N1CC(C(=O)Nc2ccc(Cl)c(F)c2)Cc2ccccc21.CS(=O)(=O)N1CC(C(=O)Nc2ccc(Cl)c(F)c2)Cc2ccccc21.Cn1cnc(S(=O)(=O)N2CC(C(=O)Nc3ccc(Cl)c(F)c3)Cc3ccccc32)c1.Cn1cnc(S(=O)(=O)N2CCCC(C(=O)Oc3ccc(Cl)c(F)c3)C2)c1.O=C(Nc1ccc(Cl)c(F)c1)C1Cc2ccccc2N(S(=O)(=O)c2ccccc2)C1. The van der Waals surface area contributed by atoms with E-state index in [1.54, 1.807) is 123 Å². The number of para-hydroxylation sites is 4. The number of carbonyl (C=O) groups is 5. The van der Waals surface area contributed by atoms with Gasteiger partial charge in [-0.05, 0) is 189 Å². The van der Waals surface area contributed by atoms with Gasteiger partial charge in [0, 0.05) is 94.6 Å². The first-order valence-corrected chi connectivity index (χ1v) is 51.7. The number of ether oxygens (including phenoxy) is 1. The van der Waals surface area contributed by atoms with Gasteiger partial charge in [0.15, 0.2) is 10.1 Å². The number of aromatic nitrogens is 4. The van der Waals surface area contributed by atoms with Crippen LogP contribution in [0.25, 0.3) is 0 Å². The monoisotopic (exact) mass is 2070 g/mol. The smallest absolute Gasteiger partial charge is 0.315 e. The number of anilines is 8. The number of carbonyl (C=O) groups excluding carboxylic acids is 5. The minimum atomic E-state index is -3.96. The molecule has 5 aliphatic heterocycles. The molecule has 5 aliphatic rings. The Kier molecular flexibility index (Phi) is 32.7. The summed E-state index contributed by atoms with van der Waals surface area (Å²) >= 11 is 28.2. The van der Waals surface area contributed by atoms with Crippen LogP contribution < -0.4 is 43.2 Å². The lowest BCUT2D eigenvalue weighted by Gasteiger charge is -2.34. The van der Waals surface area contributed by atoms with E-state index in [9.17, 15) is 88.0 Å². The van der Waals surface area contributed by atoms with Gasteiger partial charge in [0.25, 0.3) is 30.1 Å². The molecule has 1 fully saturated rings. The summed E-state index contributed by atoms with van der Waals surface area (Å²) in [6.07, 6.45) is 9.29. The molecule has 1 saturated heterocycles. The van der Waals surface area contributed by atoms with Crippen LogP contribution in [0.1, 0.15) is 42.0 Å². The van der Waals surface area contributed by atoms with Crippen molar-refractivity contribution < 1.29 is 92.8 Å². The van der Waals surface area contributed by atoms with Gasteiger partial charge in [0.1, 0.15) is 34.8 Å². The molecule has 137 heavy (non-hydrogen) atoms. The predicted molar refractivity (Wildman–Crippen MR) is 514 cm³/mol. The van der Waals surface area contributed by atoms with Crippen LogP contribution in [0.15, 0.2) is 258 Å². The minimum Gasteiger partial charge on any atom is -0.426 e. The lowest BCUT2D eigenvalue weighted by Crippen LogP contribution is -2.44. The third kappa shape index (κ3) is 24.9. The average molecular weight is 2080 g/mol. The van der Waals surface area contributed by atoms with Crippen molar-refractivity contribution in [2.45, 2.75) is 60.4 Å². The van der Waals surface area contributed by atoms with Gasteiger partial charge in [-0.2, -0.15) is 12.7 Å². The molecule has 0 aliphatic carbocycles. The number of aryl methyl sites for hydroxylation is 2. The molecule has 44 heteroatoms. The summed E-state index contributed by atoms with van der Waals surface area (Å²) in [7, 11) is -15.3. The van der Waals surface area contributed by atoms with E-state index in [2.05, 4.69) is 31.2 Å². The summed E-state index contributed by atoms with van der Waals surface area (Å²) < 4.78 is 210. The number of nitrogens with zero attached hydrogens (tertiary/aromatic N) is 9. The van der Waals surface area contributed by atoms with Gasteiger partial charge in [-0.3, -0.25) is 41.2 Å². The maximum atomic E-state index is 13.7. The molecule has 0 radical (unpaired) electrons. The van der Waals surface area contributed by atoms with Crippen LogP contribution in [-0.4, -0.2) is 146 Å². The van der Waals surface area contributed by atoms with E-state index in [1.165, 1.54) is 124 Å². The normalized spacial score (nSPS) is 16.9. The topological polar surface area (TPSA) is 365 Å². The third-order valence-electron chi connectivity index (χ3n) is 22.5. The highest BCUT2D eigenvalue weighted by molar-refractivity contribution is 7.93. The molecule has 0 saturated carbocycles. The van der Waals surface area contributed by atoms with Crippen LogP contribution in [0.3, 0.4) is 0 Å². The van der Waals surface area contributed by atoms with Crippen LogP contribution in [0.2, 0.25) is 25.1 Å². The molecule has 0 bridgehead atoms. The van der Waals surface area contributed by atoms with Crippen molar-refractivity contribution in [3.63, 3.8) is 0 Å². The van der Waals surface area contributed by atoms with Crippen molar-refractivity contribution >= 4 is 183 Å². The van der Waals surface area contributed by atoms with Gasteiger partial charge < -0.3 is 35.1 Å². The molecule has 0 spiro atoms. The largest absolute Gasteiger partial charge is 0.426 e. The number of piperidine rings is 1. The first-order chi connectivity index (χ1) is 64.9. The number of hydrogen-bond donors (Lipinski definition) is 4. The summed E-state index contributed by atoms with van der Waals surface area (Å²) in [5.74, 6) is -8.52. The van der Waals surface area contributed by atoms with E-state index >= 15 is 0 Å². The fraction of sp³-hybridized carbons (Fsp3) is 0.237. The number of hydrogen-bond acceptors (Lipinski definition) is 18. The molecule has 17 rings (SSSR count). The predicted octanol–water partition coefficient (Wildman–Crippen LogP) is 16.4. The molecule has 5 atom stereocenters. The number of nitrogens with one attached hydrogen (secondary N) is 4. The van der Waals surface area contributed by atoms with Crippen molar-refractivity contribution in [2.24, 2.45) is 43.7 Å². The van der Waals surface area contributed by atoms with E-state index in [0.717, 1.165) is 58.8 Å². The zero-order valence-electron chi connectivity index (χ0n) is 73.1. The fourth-order valence-corrected chi connectivity index (χ4v) is 22.8. The van der Waals surface area contributed by atoms with E-state index in [1.807, 2.05) is 18.2 Å². The first kappa shape index (κ1) is 102. The van der Waals surface area contributed by atoms with Crippen molar-refractivity contribution in [3.05, 3.63) is 320 Å². The number of esters is 1. The quantitative estimate of drug-likeness (QED) is 0.0332. The average Bonchev–Trinajstić information content (AvgIpc) is 1.75. The van der Waals surface area contributed by atoms with Gasteiger partial charge in [-0.1, -0.05) is 149 Å². The maximum Gasteiger partial charge on any atom is 0.315 e. The van der Waals surface area contributed by atoms with Gasteiger partial charge in [-0.15, -0.1) is 0 Å². The molecule has 29 nitrogen and oxygen atoms in total. The molecular weight excluding hydrogens is 1990 g/mol. The van der Waals surface area contributed by atoms with E-state index in [4.69, 9.17) is 62.7 Å². The van der Waals surface area contributed by atoms with Crippen LogP contribution in [0.5, 0.6) is 5.75 Å². The van der Waals surface area contributed by atoms with Crippen LogP contribution in [0, 0.1) is 58.7 Å². The number of fused-ring (bicyclic) bond motifs is 4. The maximum absolute atomic E-state index is 13.7. The molecule has 2 aromatic heterocycles. The van der Waals surface area contributed by atoms with Crippen molar-refractivity contribution in [1.29, 1.82) is 0 Å². The zero-order chi connectivity index (χ0) is 98.8. The van der Waals surface area contributed by atoms with Crippen molar-refractivity contribution in [2.75, 3.05) is 89.8 Å². The fourth-order valence-electron chi connectivity index (χ4n) is 15.5. The summed E-state index contributed by atoms with van der Waals surface area (Å²) in [4.78, 5) is 71.3. The zero-order valence-corrected chi connectivity index (χ0v) is 80.9. The lowest BCUT2D eigenvalue weighted by atomic mass is 9.93. The van der Waals surface area contributed by atoms with Gasteiger partial charge in [0.05, 0.1) is 107 Å². The van der Waals surface area contributed by atoms with E-state index in [-0.39, 0.29) is 125 Å². The van der Waals surface area contributed by atoms with Gasteiger partial charge in [-0.25, -0.2) is 65.6 Å². The molecule has 7 heterocycles. The Morgan fingerprint density at radius 3 is 1.06 bits per heavy atom. The molecule has 12 aromatic rings. The summed E-state index contributed by atoms with van der Waals surface area (Å²) in [5, 5.41) is 10.2. The lowest BCUT2D eigenvalue weighted by molar-refractivity contribution is -0.140. The number of halogens is 10. The standard InChI is InChI=1S/C22H18ClFN2O3S.C20H18ClFN4O3S.C18H18ClFN2O3S.C17H16ClFN2O3S.C16H17ClFN3O4S/c23-19-11-10-17(13-20(19)24)25-22(27)16-12-15-6-4-5-9-21(15)26(14-16)30(28,29)18-7-2-1-3-8-18;1-25-11-19(23-12-25)30(28,29)26-10-14(8-13-4-2-3-5-18(13)26)20(27)24-15-6-7-16(21)17(22)9-15;1-2-26(24,25)22-11-13(9-12-5-3-4-6-17(12)22)18(23)21-14-7-8-15(19)16(20)10-14;1-25(23,24)21-10-12(8-11-4-2-3-5-16(11)21)17(22)20-13-6-7-14(18)15(19)9-13;1-20-9-15(19-10-20)26(23,24)21-6-2-3-11(8-21)16(22)25-12-4-5-13(17)14(18)7-12/h1-11,13,16H,12,14H2,(H,25,27);2-7,9,11-12,14H,8,10H2,1H3,(H,24,27);3-8,10,13H,2,9,11H2,1H3,(H,21,23);2-7,9,12H,8,10H2,1H3,(H,20,22);4-5,7,9-11H,2-3,6,8H2,1H3. The number of amides is 4. The Morgan fingerprint density at radius 2 is 0.708 bits per heavy atom. The number of rotatable bonds is 19.